The Hall–Kier alpha value is -2.88. The molecule has 0 unspecified atom stereocenters. The second-order valence-electron chi connectivity index (χ2n) is 5.41. The van der Waals surface area contributed by atoms with Crippen molar-refractivity contribution >= 4 is 5.97 Å². The van der Waals surface area contributed by atoms with Crippen LogP contribution in [0.3, 0.4) is 0 Å². The normalized spacial score (nSPS) is 10.5. The minimum Gasteiger partial charge on any atom is -0.464 e. The van der Waals surface area contributed by atoms with Crippen LogP contribution in [0.1, 0.15) is 21.6 Å². The van der Waals surface area contributed by atoms with Gasteiger partial charge in [-0.2, -0.15) is 0 Å². The molecule has 0 saturated carbocycles. The first kappa shape index (κ1) is 15.0. The van der Waals surface area contributed by atoms with Gasteiger partial charge in [0.05, 0.1) is 19.1 Å². The van der Waals surface area contributed by atoms with Gasteiger partial charge < -0.3 is 9.30 Å². The summed E-state index contributed by atoms with van der Waals surface area (Å²) in [6.07, 6.45) is 1.69. The van der Waals surface area contributed by atoms with Crippen molar-refractivity contribution < 1.29 is 9.53 Å². The molecule has 2 aromatic carbocycles. The first-order valence-corrected chi connectivity index (χ1v) is 7.43. The Morgan fingerprint density at radius 3 is 2.43 bits per heavy atom. The summed E-state index contributed by atoms with van der Waals surface area (Å²) in [6.45, 7) is 2.68. The highest BCUT2D eigenvalue weighted by Gasteiger charge is 2.20. The molecule has 0 atom stereocenters. The zero-order valence-corrected chi connectivity index (χ0v) is 13.2. The molecule has 116 valence electrons. The van der Waals surface area contributed by atoms with Crippen molar-refractivity contribution in [1.29, 1.82) is 0 Å². The summed E-state index contributed by atoms with van der Waals surface area (Å²) < 4.78 is 6.85. The number of carbonyl (C=O) groups excluding carboxylic acids is 1. The lowest BCUT2D eigenvalue weighted by atomic mass is 10.1. The summed E-state index contributed by atoms with van der Waals surface area (Å²) in [5.41, 5.74) is 4.38. The van der Waals surface area contributed by atoms with E-state index in [1.807, 2.05) is 54.0 Å². The molecule has 0 aliphatic carbocycles. The summed E-state index contributed by atoms with van der Waals surface area (Å²) in [5.74, 6) is -0.424. The molecule has 0 spiro atoms. The van der Waals surface area contributed by atoms with E-state index < -0.39 is 5.97 Å². The fourth-order valence-corrected chi connectivity index (χ4v) is 2.54. The summed E-state index contributed by atoms with van der Waals surface area (Å²) in [7, 11) is 1.37. The van der Waals surface area contributed by atoms with E-state index in [0.29, 0.717) is 12.2 Å². The molecule has 0 fully saturated rings. The second kappa shape index (κ2) is 6.48. The molecular weight excluding hydrogens is 288 g/mol. The molecule has 0 aliphatic rings. The van der Waals surface area contributed by atoms with Crippen molar-refractivity contribution in [2.75, 3.05) is 7.11 Å². The lowest BCUT2D eigenvalue weighted by Gasteiger charge is -2.10. The van der Waals surface area contributed by atoms with Crippen LogP contribution in [0, 0.1) is 6.92 Å². The van der Waals surface area contributed by atoms with Crippen LogP contribution in [0.4, 0.5) is 0 Å². The molecule has 0 bridgehead atoms. The lowest BCUT2D eigenvalue weighted by molar-refractivity contribution is 0.0595. The molecular formula is C19H18N2O2. The minimum atomic E-state index is -0.424. The van der Waals surface area contributed by atoms with Gasteiger partial charge in [0.25, 0.3) is 0 Å². The molecule has 0 radical (unpaired) electrons. The van der Waals surface area contributed by atoms with Gasteiger partial charge in [0.2, 0.25) is 0 Å². The average Bonchev–Trinajstić information content (AvgIpc) is 2.99. The van der Waals surface area contributed by atoms with E-state index in [1.54, 1.807) is 6.33 Å². The molecule has 4 heteroatoms. The van der Waals surface area contributed by atoms with E-state index >= 15 is 0 Å². The van der Waals surface area contributed by atoms with Crippen LogP contribution < -0.4 is 0 Å². The Morgan fingerprint density at radius 2 is 1.78 bits per heavy atom. The molecule has 1 aromatic heterocycles. The standard InChI is InChI=1S/C19H18N2O2/c1-14-8-10-16(11-9-14)18-17(19(22)23-2)20-13-21(18)12-15-6-4-3-5-7-15/h3-11,13H,12H2,1-2H3. The van der Waals surface area contributed by atoms with Gasteiger partial charge in [-0.15, -0.1) is 0 Å². The summed E-state index contributed by atoms with van der Waals surface area (Å²) in [6, 6.07) is 18.1. The lowest BCUT2D eigenvalue weighted by Crippen LogP contribution is -2.06. The molecule has 0 saturated heterocycles. The summed E-state index contributed by atoms with van der Waals surface area (Å²) in [5, 5.41) is 0. The number of aromatic nitrogens is 2. The van der Waals surface area contributed by atoms with Crippen molar-refractivity contribution in [2.24, 2.45) is 0 Å². The van der Waals surface area contributed by atoms with Crippen LogP contribution >= 0.6 is 0 Å². The Balaban J connectivity index is 2.07. The van der Waals surface area contributed by atoms with Crippen molar-refractivity contribution in [3.63, 3.8) is 0 Å². The van der Waals surface area contributed by atoms with Crippen LogP contribution in [-0.2, 0) is 11.3 Å². The number of imidazole rings is 1. The SMILES string of the molecule is COC(=O)c1ncn(Cc2ccccc2)c1-c1ccc(C)cc1. The Kier molecular flexibility index (Phi) is 4.24. The van der Waals surface area contributed by atoms with Crippen molar-refractivity contribution in [3.8, 4) is 11.3 Å². The maximum Gasteiger partial charge on any atom is 0.358 e. The Bertz CT molecular complexity index is 805. The largest absolute Gasteiger partial charge is 0.464 e. The highest BCUT2D eigenvalue weighted by Crippen LogP contribution is 2.25. The van der Waals surface area contributed by atoms with Gasteiger partial charge >= 0.3 is 5.97 Å². The number of hydrogen-bond donors (Lipinski definition) is 0. The molecule has 3 rings (SSSR count). The first-order valence-electron chi connectivity index (χ1n) is 7.43. The van der Waals surface area contributed by atoms with Gasteiger partial charge in [0.1, 0.15) is 0 Å². The topological polar surface area (TPSA) is 44.1 Å². The fourth-order valence-electron chi connectivity index (χ4n) is 2.54. The number of methoxy groups -OCH3 is 1. The van der Waals surface area contributed by atoms with Crippen LogP contribution in [0.15, 0.2) is 60.9 Å². The van der Waals surface area contributed by atoms with E-state index in [0.717, 1.165) is 16.8 Å². The maximum absolute atomic E-state index is 12.0. The zero-order valence-electron chi connectivity index (χ0n) is 13.2. The van der Waals surface area contributed by atoms with Crippen molar-refractivity contribution in [1.82, 2.24) is 9.55 Å². The van der Waals surface area contributed by atoms with Crippen LogP contribution in [0.25, 0.3) is 11.3 Å². The summed E-state index contributed by atoms with van der Waals surface area (Å²) >= 11 is 0. The molecule has 3 aromatic rings. The van der Waals surface area contributed by atoms with Crippen molar-refractivity contribution in [3.05, 3.63) is 77.7 Å². The number of nitrogens with zero attached hydrogens (tertiary/aromatic N) is 2. The Labute approximate surface area is 135 Å². The third-order valence-electron chi connectivity index (χ3n) is 3.74. The maximum atomic E-state index is 12.0. The quantitative estimate of drug-likeness (QED) is 0.690. The van der Waals surface area contributed by atoms with Gasteiger partial charge in [0.15, 0.2) is 5.69 Å². The first-order chi connectivity index (χ1) is 11.2. The smallest absolute Gasteiger partial charge is 0.358 e. The van der Waals surface area contributed by atoms with Gasteiger partial charge in [-0.25, -0.2) is 9.78 Å². The van der Waals surface area contributed by atoms with E-state index in [2.05, 4.69) is 17.1 Å². The minimum absolute atomic E-state index is 0.340. The number of hydrogen-bond acceptors (Lipinski definition) is 3. The second-order valence-corrected chi connectivity index (χ2v) is 5.41. The van der Waals surface area contributed by atoms with Gasteiger partial charge in [-0.1, -0.05) is 60.2 Å². The van der Waals surface area contributed by atoms with Crippen LogP contribution in [0.5, 0.6) is 0 Å². The number of ether oxygens (including phenoxy) is 1. The highest BCUT2D eigenvalue weighted by atomic mass is 16.5. The average molecular weight is 306 g/mol. The monoisotopic (exact) mass is 306 g/mol. The van der Waals surface area contributed by atoms with Crippen LogP contribution in [0.2, 0.25) is 0 Å². The van der Waals surface area contributed by atoms with Gasteiger partial charge in [-0.05, 0) is 12.5 Å². The zero-order chi connectivity index (χ0) is 16.2. The van der Waals surface area contributed by atoms with Gasteiger partial charge in [-0.3, -0.25) is 0 Å². The molecule has 0 N–H and O–H groups in total. The van der Waals surface area contributed by atoms with Gasteiger partial charge in [0, 0.05) is 12.1 Å². The van der Waals surface area contributed by atoms with Crippen molar-refractivity contribution in [2.45, 2.75) is 13.5 Å². The number of carbonyl (C=O) groups is 1. The molecule has 4 nitrogen and oxygen atoms in total. The number of aryl methyl sites for hydroxylation is 1. The molecule has 0 amide bonds. The molecule has 1 heterocycles. The highest BCUT2D eigenvalue weighted by molar-refractivity contribution is 5.94. The third kappa shape index (κ3) is 3.16. The van der Waals surface area contributed by atoms with E-state index in [9.17, 15) is 4.79 Å². The Morgan fingerprint density at radius 1 is 1.09 bits per heavy atom. The number of esters is 1. The van der Waals surface area contributed by atoms with E-state index in [4.69, 9.17) is 4.74 Å². The number of benzene rings is 2. The predicted octanol–water partition coefficient (Wildman–Crippen LogP) is 3.69. The summed E-state index contributed by atoms with van der Waals surface area (Å²) in [4.78, 5) is 16.3. The van der Waals surface area contributed by atoms with Crippen LogP contribution in [-0.4, -0.2) is 22.6 Å². The fraction of sp³-hybridized carbons (Fsp3) is 0.158. The molecule has 23 heavy (non-hydrogen) atoms. The van der Waals surface area contributed by atoms with E-state index in [-0.39, 0.29) is 0 Å². The predicted molar refractivity (Wildman–Crippen MR) is 89.3 cm³/mol. The molecule has 0 aliphatic heterocycles. The van der Waals surface area contributed by atoms with E-state index in [1.165, 1.54) is 12.7 Å². The number of rotatable bonds is 4. The third-order valence-corrected chi connectivity index (χ3v) is 3.74.